The predicted molar refractivity (Wildman–Crippen MR) is 108 cm³/mol. The van der Waals surface area contributed by atoms with Gasteiger partial charge in [-0.25, -0.2) is 0 Å². The predicted octanol–water partition coefficient (Wildman–Crippen LogP) is 4.85. The lowest BCUT2D eigenvalue weighted by Gasteiger charge is -2.20. The number of carbonyl (C=O) groups excluding carboxylic acids is 1. The molecule has 0 N–H and O–H groups in total. The van der Waals surface area contributed by atoms with Crippen LogP contribution in [0.15, 0.2) is 54.6 Å². The molecule has 0 spiro atoms. The second-order valence-corrected chi connectivity index (χ2v) is 7.66. The molecule has 0 saturated carbocycles. The standard InChI is InChI=1S/C23H22F3N3O/c1-16-5-2-7-18(11-16)21-14-20-15-28(9-4-10-29(20)27-21)22(30)13-17-6-3-8-19(12-17)23(24,25)26/h2-3,5-8,11-12,14H,4,9-10,13,15H2,1H3. The fourth-order valence-electron chi connectivity index (χ4n) is 3.76. The Balaban J connectivity index is 1.51. The normalized spacial score (nSPS) is 14.3. The third-order valence-electron chi connectivity index (χ3n) is 5.29. The molecular weight excluding hydrogens is 391 g/mol. The number of benzene rings is 2. The first-order chi connectivity index (χ1) is 14.3. The largest absolute Gasteiger partial charge is 0.416 e. The lowest BCUT2D eigenvalue weighted by Crippen LogP contribution is -2.32. The van der Waals surface area contributed by atoms with E-state index in [1.54, 1.807) is 11.0 Å². The molecule has 1 amide bonds. The highest BCUT2D eigenvalue weighted by atomic mass is 19.4. The van der Waals surface area contributed by atoms with Crippen LogP contribution in [0.2, 0.25) is 0 Å². The third-order valence-corrected chi connectivity index (χ3v) is 5.29. The highest BCUT2D eigenvalue weighted by Crippen LogP contribution is 2.30. The Bertz CT molecular complexity index is 1070. The molecule has 0 unspecified atom stereocenters. The van der Waals surface area contributed by atoms with Crippen molar-refractivity contribution >= 4 is 5.91 Å². The first-order valence-corrected chi connectivity index (χ1v) is 9.87. The summed E-state index contributed by atoms with van der Waals surface area (Å²) in [5, 5.41) is 4.69. The van der Waals surface area contributed by atoms with E-state index in [0.29, 0.717) is 25.2 Å². The number of aromatic nitrogens is 2. The monoisotopic (exact) mass is 413 g/mol. The van der Waals surface area contributed by atoms with Crippen LogP contribution in [0.5, 0.6) is 0 Å². The van der Waals surface area contributed by atoms with Crippen molar-refractivity contribution in [2.75, 3.05) is 6.54 Å². The first-order valence-electron chi connectivity index (χ1n) is 9.87. The molecule has 0 saturated heterocycles. The van der Waals surface area contributed by atoms with Crippen LogP contribution in [0, 0.1) is 6.92 Å². The molecule has 30 heavy (non-hydrogen) atoms. The SMILES string of the molecule is Cc1cccc(-c2cc3n(n2)CCCN(C(=O)Cc2cccc(C(F)(F)F)c2)C3)c1. The minimum Gasteiger partial charge on any atom is -0.336 e. The Hall–Kier alpha value is -3.09. The molecule has 7 heteroatoms. The van der Waals surface area contributed by atoms with Crippen LogP contribution in [0.4, 0.5) is 13.2 Å². The molecule has 4 rings (SSSR count). The number of hydrogen-bond donors (Lipinski definition) is 0. The summed E-state index contributed by atoms with van der Waals surface area (Å²) in [4.78, 5) is 14.5. The van der Waals surface area contributed by atoms with Crippen LogP contribution in [0.25, 0.3) is 11.3 Å². The van der Waals surface area contributed by atoms with Crippen LogP contribution >= 0.6 is 0 Å². The van der Waals surface area contributed by atoms with E-state index in [1.165, 1.54) is 6.07 Å². The number of fused-ring (bicyclic) bond motifs is 1. The van der Waals surface area contributed by atoms with Gasteiger partial charge in [0.1, 0.15) is 0 Å². The van der Waals surface area contributed by atoms with Gasteiger partial charge in [0, 0.05) is 18.7 Å². The number of amides is 1. The van der Waals surface area contributed by atoms with Gasteiger partial charge >= 0.3 is 6.18 Å². The van der Waals surface area contributed by atoms with Crippen LogP contribution in [0.3, 0.4) is 0 Å². The topological polar surface area (TPSA) is 38.1 Å². The Kier molecular flexibility index (Phi) is 5.37. The van der Waals surface area contributed by atoms with Gasteiger partial charge in [0.2, 0.25) is 5.91 Å². The number of aryl methyl sites for hydroxylation is 2. The van der Waals surface area contributed by atoms with Crippen LogP contribution in [-0.4, -0.2) is 27.1 Å². The van der Waals surface area contributed by atoms with E-state index in [4.69, 9.17) is 5.10 Å². The van der Waals surface area contributed by atoms with Crippen molar-refractivity contribution in [3.63, 3.8) is 0 Å². The molecule has 2 heterocycles. The second kappa shape index (κ2) is 7.97. The Morgan fingerprint density at radius 3 is 2.63 bits per heavy atom. The van der Waals surface area contributed by atoms with Crippen molar-refractivity contribution in [3.8, 4) is 11.3 Å². The molecule has 1 aliphatic rings. The average molecular weight is 413 g/mol. The van der Waals surface area contributed by atoms with Crippen molar-refractivity contribution < 1.29 is 18.0 Å². The molecule has 0 fully saturated rings. The van der Waals surface area contributed by atoms with Gasteiger partial charge < -0.3 is 4.90 Å². The Morgan fingerprint density at radius 1 is 1.07 bits per heavy atom. The number of halogens is 3. The van der Waals surface area contributed by atoms with Crippen molar-refractivity contribution in [3.05, 3.63) is 77.0 Å². The average Bonchev–Trinajstić information content (AvgIpc) is 2.99. The number of alkyl halides is 3. The highest BCUT2D eigenvalue weighted by molar-refractivity contribution is 5.79. The van der Waals surface area contributed by atoms with Crippen molar-refractivity contribution in [2.45, 2.75) is 39.0 Å². The maximum atomic E-state index is 12.9. The molecule has 0 radical (unpaired) electrons. The van der Waals surface area contributed by atoms with Crippen molar-refractivity contribution in [2.24, 2.45) is 0 Å². The second-order valence-electron chi connectivity index (χ2n) is 7.66. The van der Waals surface area contributed by atoms with Gasteiger partial charge in [-0.15, -0.1) is 0 Å². The summed E-state index contributed by atoms with van der Waals surface area (Å²) in [6.07, 6.45) is -3.72. The molecular formula is C23H22F3N3O. The summed E-state index contributed by atoms with van der Waals surface area (Å²) >= 11 is 0. The summed E-state index contributed by atoms with van der Waals surface area (Å²) in [5.41, 5.74) is 3.60. The minimum atomic E-state index is -4.42. The van der Waals surface area contributed by atoms with E-state index in [-0.39, 0.29) is 12.3 Å². The summed E-state index contributed by atoms with van der Waals surface area (Å²) < 4.78 is 40.7. The van der Waals surface area contributed by atoms with Gasteiger partial charge in [0.05, 0.1) is 29.9 Å². The molecule has 0 aliphatic carbocycles. The van der Waals surface area contributed by atoms with Crippen LogP contribution < -0.4 is 0 Å². The number of hydrogen-bond acceptors (Lipinski definition) is 2. The minimum absolute atomic E-state index is 0.0528. The molecule has 1 aliphatic heterocycles. The molecule has 2 aromatic carbocycles. The maximum Gasteiger partial charge on any atom is 0.416 e. The smallest absolute Gasteiger partial charge is 0.336 e. The van der Waals surface area contributed by atoms with Crippen LogP contribution in [-0.2, 0) is 30.5 Å². The summed E-state index contributed by atoms with van der Waals surface area (Å²) in [7, 11) is 0. The first kappa shape index (κ1) is 20.2. The van der Waals surface area contributed by atoms with Crippen LogP contribution in [0.1, 0.15) is 28.8 Å². The van der Waals surface area contributed by atoms with Crippen molar-refractivity contribution in [1.82, 2.24) is 14.7 Å². The van der Waals surface area contributed by atoms with Crippen molar-refractivity contribution in [1.29, 1.82) is 0 Å². The third kappa shape index (κ3) is 4.40. The Morgan fingerprint density at radius 2 is 1.87 bits per heavy atom. The van der Waals surface area contributed by atoms with Gasteiger partial charge in [-0.05, 0) is 37.1 Å². The zero-order chi connectivity index (χ0) is 21.3. The summed E-state index contributed by atoms with van der Waals surface area (Å²) in [5.74, 6) is -0.180. The number of rotatable bonds is 3. The maximum absolute atomic E-state index is 12.9. The lowest BCUT2D eigenvalue weighted by molar-refractivity contribution is -0.138. The number of carbonyl (C=O) groups is 1. The zero-order valence-corrected chi connectivity index (χ0v) is 16.6. The molecule has 0 bridgehead atoms. The van der Waals surface area contributed by atoms with E-state index in [9.17, 15) is 18.0 Å². The molecule has 156 valence electrons. The molecule has 4 nitrogen and oxygen atoms in total. The van der Waals surface area contributed by atoms with E-state index < -0.39 is 11.7 Å². The van der Waals surface area contributed by atoms with E-state index in [0.717, 1.165) is 41.1 Å². The van der Waals surface area contributed by atoms with Gasteiger partial charge in [-0.1, -0.05) is 42.0 Å². The molecule has 3 aromatic rings. The number of nitrogens with zero attached hydrogens (tertiary/aromatic N) is 3. The van der Waals surface area contributed by atoms with Gasteiger partial charge in [0.25, 0.3) is 0 Å². The van der Waals surface area contributed by atoms with E-state index in [2.05, 4.69) is 6.07 Å². The summed E-state index contributed by atoms with van der Waals surface area (Å²) in [6, 6.07) is 15.1. The lowest BCUT2D eigenvalue weighted by atomic mass is 10.1. The van der Waals surface area contributed by atoms with Gasteiger partial charge in [0.15, 0.2) is 0 Å². The summed E-state index contributed by atoms with van der Waals surface area (Å²) in [6.45, 7) is 3.69. The zero-order valence-electron chi connectivity index (χ0n) is 16.6. The Labute approximate surface area is 172 Å². The van der Waals surface area contributed by atoms with E-state index in [1.807, 2.05) is 35.9 Å². The fraction of sp³-hybridized carbons (Fsp3) is 0.304. The quantitative estimate of drug-likeness (QED) is 0.616. The van der Waals surface area contributed by atoms with Gasteiger partial charge in [-0.3, -0.25) is 9.48 Å². The van der Waals surface area contributed by atoms with E-state index >= 15 is 0 Å². The molecule has 1 aromatic heterocycles. The van der Waals surface area contributed by atoms with Gasteiger partial charge in [-0.2, -0.15) is 18.3 Å². The highest BCUT2D eigenvalue weighted by Gasteiger charge is 2.30. The fourth-order valence-corrected chi connectivity index (χ4v) is 3.76. The molecule has 0 atom stereocenters.